The Labute approximate surface area is 170 Å². The minimum atomic E-state index is -0.132. The predicted molar refractivity (Wildman–Crippen MR) is 114 cm³/mol. The number of carbonyl (C=O) groups excluding carboxylic acids is 1. The van der Waals surface area contributed by atoms with E-state index in [4.69, 9.17) is 9.47 Å². The Morgan fingerprint density at radius 1 is 0.862 bits per heavy atom. The molecule has 0 aliphatic rings. The molecular weight excluding hydrogens is 366 g/mol. The second-order valence-electron chi connectivity index (χ2n) is 6.49. The van der Waals surface area contributed by atoms with Gasteiger partial charge in [0.05, 0.1) is 19.8 Å². The molecule has 2 N–H and O–H groups in total. The SMILES string of the molecule is COc1ccc(CCNC(=O)c2ccc(NCc3ccc(OC)cc3)nc2)cc1. The quantitative estimate of drug-likeness (QED) is 0.582. The highest BCUT2D eigenvalue weighted by Gasteiger charge is 2.06. The van der Waals surface area contributed by atoms with Crippen LogP contribution in [0.1, 0.15) is 21.5 Å². The molecule has 0 atom stereocenters. The van der Waals surface area contributed by atoms with Crippen LogP contribution in [0.3, 0.4) is 0 Å². The second kappa shape index (κ2) is 10.1. The van der Waals surface area contributed by atoms with E-state index in [1.807, 2.05) is 54.6 Å². The normalized spacial score (nSPS) is 10.3. The van der Waals surface area contributed by atoms with Crippen LogP contribution in [0.2, 0.25) is 0 Å². The first kappa shape index (κ1) is 20.2. The van der Waals surface area contributed by atoms with Gasteiger partial charge in [-0.25, -0.2) is 4.98 Å². The molecule has 0 fully saturated rings. The molecule has 0 radical (unpaired) electrons. The van der Waals surface area contributed by atoms with Crippen molar-refractivity contribution in [1.82, 2.24) is 10.3 Å². The smallest absolute Gasteiger partial charge is 0.252 e. The number of methoxy groups -OCH3 is 2. The van der Waals surface area contributed by atoms with Crippen molar-refractivity contribution in [3.8, 4) is 11.5 Å². The summed E-state index contributed by atoms with van der Waals surface area (Å²) in [6.07, 6.45) is 2.34. The van der Waals surface area contributed by atoms with Gasteiger partial charge in [-0.15, -0.1) is 0 Å². The molecule has 3 aromatic rings. The Bertz CT molecular complexity index is 908. The Morgan fingerprint density at radius 2 is 1.48 bits per heavy atom. The summed E-state index contributed by atoms with van der Waals surface area (Å²) in [6.45, 7) is 1.20. The molecule has 1 amide bonds. The van der Waals surface area contributed by atoms with Crippen LogP contribution < -0.4 is 20.1 Å². The lowest BCUT2D eigenvalue weighted by Crippen LogP contribution is -2.25. The number of anilines is 1. The van der Waals surface area contributed by atoms with Crippen molar-refractivity contribution in [2.75, 3.05) is 26.1 Å². The molecule has 0 spiro atoms. The Hall–Kier alpha value is -3.54. The third-order valence-corrected chi connectivity index (χ3v) is 4.52. The summed E-state index contributed by atoms with van der Waals surface area (Å²) in [4.78, 5) is 16.6. The number of aromatic nitrogens is 1. The van der Waals surface area contributed by atoms with E-state index in [0.717, 1.165) is 34.9 Å². The Balaban J connectivity index is 1.45. The first-order valence-corrected chi connectivity index (χ1v) is 9.42. The molecule has 6 nitrogen and oxygen atoms in total. The lowest BCUT2D eigenvalue weighted by molar-refractivity contribution is 0.0954. The largest absolute Gasteiger partial charge is 0.497 e. The van der Waals surface area contributed by atoms with Crippen LogP contribution in [0.15, 0.2) is 66.9 Å². The molecule has 150 valence electrons. The third kappa shape index (κ3) is 5.97. The van der Waals surface area contributed by atoms with E-state index >= 15 is 0 Å². The van der Waals surface area contributed by atoms with Crippen LogP contribution >= 0.6 is 0 Å². The maximum Gasteiger partial charge on any atom is 0.252 e. The summed E-state index contributed by atoms with van der Waals surface area (Å²) in [7, 11) is 3.29. The van der Waals surface area contributed by atoms with Crippen LogP contribution in [0.4, 0.5) is 5.82 Å². The molecule has 0 unspecified atom stereocenters. The predicted octanol–water partition coefficient (Wildman–Crippen LogP) is 3.68. The number of benzene rings is 2. The zero-order valence-electron chi connectivity index (χ0n) is 16.6. The summed E-state index contributed by atoms with van der Waals surface area (Å²) < 4.78 is 10.3. The van der Waals surface area contributed by atoms with Gasteiger partial charge in [-0.2, -0.15) is 0 Å². The number of nitrogens with one attached hydrogen (secondary N) is 2. The van der Waals surface area contributed by atoms with Gasteiger partial charge in [0.15, 0.2) is 0 Å². The molecule has 6 heteroatoms. The number of carbonyl (C=O) groups is 1. The fourth-order valence-electron chi connectivity index (χ4n) is 2.78. The van der Waals surface area contributed by atoms with Crippen molar-refractivity contribution in [1.29, 1.82) is 0 Å². The lowest BCUT2D eigenvalue weighted by atomic mass is 10.1. The number of rotatable bonds is 9. The van der Waals surface area contributed by atoms with Crippen molar-refractivity contribution in [2.45, 2.75) is 13.0 Å². The van der Waals surface area contributed by atoms with Gasteiger partial charge >= 0.3 is 0 Å². The van der Waals surface area contributed by atoms with Gasteiger partial charge in [0, 0.05) is 19.3 Å². The van der Waals surface area contributed by atoms with Crippen LogP contribution in [-0.4, -0.2) is 31.7 Å². The molecule has 3 rings (SSSR count). The van der Waals surface area contributed by atoms with Gasteiger partial charge in [-0.1, -0.05) is 24.3 Å². The summed E-state index contributed by atoms with van der Waals surface area (Å²) >= 11 is 0. The molecule has 29 heavy (non-hydrogen) atoms. The Morgan fingerprint density at radius 3 is 2.03 bits per heavy atom. The zero-order chi connectivity index (χ0) is 20.5. The number of ether oxygens (including phenoxy) is 2. The van der Waals surface area contributed by atoms with Gasteiger partial charge < -0.3 is 20.1 Å². The van der Waals surface area contributed by atoms with E-state index < -0.39 is 0 Å². The van der Waals surface area contributed by atoms with Gasteiger partial charge in [-0.3, -0.25) is 4.79 Å². The van der Waals surface area contributed by atoms with Crippen molar-refractivity contribution in [3.05, 3.63) is 83.6 Å². The molecule has 2 aromatic carbocycles. The van der Waals surface area contributed by atoms with Gasteiger partial charge in [0.1, 0.15) is 17.3 Å². The second-order valence-corrected chi connectivity index (χ2v) is 6.49. The van der Waals surface area contributed by atoms with Crippen molar-refractivity contribution in [2.24, 2.45) is 0 Å². The highest BCUT2D eigenvalue weighted by molar-refractivity contribution is 5.94. The molecule has 1 heterocycles. The summed E-state index contributed by atoms with van der Waals surface area (Å²) in [5, 5.41) is 6.17. The molecule has 0 saturated heterocycles. The molecule has 1 aromatic heterocycles. The average molecular weight is 391 g/mol. The molecular formula is C23H25N3O3. The average Bonchev–Trinajstić information content (AvgIpc) is 2.78. The third-order valence-electron chi connectivity index (χ3n) is 4.52. The number of pyridine rings is 1. The van der Waals surface area contributed by atoms with E-state index in [9.17, 15) is 4.79 Å². The molecule has 0 aliphatic heterocycles. The maximum absolute atomic E-state index is 12.3. The van der Waals surface area contributed by atoms with Crippen molar-refractivity contribution in [3.63, 3.8) is 0 Å². The minimum Gasteiger partial charge on any atom is -0.497 e. The lowest BCUT2D eigenvalue weighted by Gasteiger charge is -2.08. The summed E-state index contributed by atoms with van der Waals surface area (Å²) in [6, 6.07) is 19.2. The topological polar surface area (TPSA) is 72.5 Å². The monoisotopic (exact) mass is 391 g/mol. The van der Waals surface area contributed by atoms with Crippen LogP contribution in [-0.2, 0) is 13.0 Å². The van der Waals surface area contributed by atoms with E-state index in [1.54, 1.807) is 26.5 Å². The number of hydrogen-bond donors (Lipinski definition) is 2. The Kier molecular flexibility index (Phi) is 7.05. The van der Waals surface area contributed by atoms with Crippen LogP contribution in [0.5, 0.6) is 11.5 Å². The van der Waals surface area contributed by atoms with E-state index in [1.165, 1.54) is 0 Å². The van der Waals surface area contributed by atoms with Crippen LogP contribution in [0.25, 0.3) is 0 Å². The van der Waals surface area contributed by atoms with E-state index in [-0.39, 0.29) is 5.91 Å². The highest BCUT2D eigenvalue weighted by Crippen LogP contribution is 2.13. The molecule has 0 bridgehead atoms. The van der Waals surface area contributed by atoms with Crippen molar-refractivity contribution < 1.29 is 14.3 Å². The molecule has 0 aliphatic carbocycles. The van der Waals surface area contributed by atoms with E-state index in [2.05, 4.69) is 15.6 Å². The fraction of sp³-hybridized carbons (Fsp3) is 0.217. The number of nitrogens with zero attached hydrogens (tertiary/aromatic N) is 1. The first-order valence-electron chi connectivity index (χ1n) is 9.42. The number of amides is 1. The fourth-order valence-corrected chi connectivity index (χ4v) is 2.78. The van der Waals surface area contributed by atoms with Gasteiger partial charge in [0.2, 0.25) is 0 Å². The maximum atomic E-state index is 12.3. The van der Waals surface area contributed by atoms with E-state index in [0.29, 0.717) is 18.7 Å². The zero-order valence-corrected chi connectivity index (χ0v) is 16.6. The molecule has 0 saturated carbocycles. The standard InChI is InChI=1S/C23H25N3O3/c1-28-20-8-3-17(4-9-20)13-14-24-23(27)19-7-12-22(26-16-19)25-15-18-5-10-21(29-2)11-6-18/h3-12,16H,13-15H2,1-2H3,(H,24,27)(H,25,26). The number of hydrogen-bond acceptors (Lipinski definition) is 5. The minimum absolute atomic E-state index is 0.132. The first-order chi connectivity index (χ1) is 14.2. The van der Waals surface area contributed by atoms with Crippen LogP contribution in [0, 0.1) is 0 Å². The highest BCUT2D eigenvalue weighted by atomic mass is 16.5. The van der Waals surface area contributed by atoms with Crippen molar-refractivity contribution >= 4 is 11.7 Å². The van der Waals surface area contributed by atoms with Gasteiger partial charge in [0.25, 0.3) is 5.91 Å². The summed E-state index contributed by atoms with van der Waals surface area (Å²) in [5.41, 5.74) is 2.80. The summed E-state index contributed by atoms with van der Waals surface area (Å²) in [5.74, 6) is 2.24. The van der Waals surface area contributed by atoms with Gasteiger partial charge in [-0.05, 0) is 53.9 Å².